The zero-order valence-corrected chi connectivity index (χ0v) is 11.2. The third-order valence-corrected chi connectivity index (χ3v) is 3.20. The van der Waals surface area contributed by atoms with Crippen LogP contribution in [0.4, 0.5) is 5.69 Å². The molecule has 0 unspecified atom stereocenters. The van der Waals surface area contributed by atoms with Crippen LogP contribution in [0.25, 0.3) is 0 Å². The number of carbonyl (C=O) groups is 1. The van der Waals surface area contributed by atoms with Crippen LogP contribution in [0, 0.1) is 6.92 Å². The zero-order chi connectivity index (χ0) is 13.8. The summed E-state index contributed by atoms with van der Waals surface area (Å²) in [4.78, 5) is 11.7. The van der Waals surface area contributed by atoms with Crippen LogP contribution in [0.1, 0.15) is 15.9 Å². The molecule has 1 aromatic rings. The maximum absolute atomic E-state index is 11.7. The largest absolute Gasteiger partial charge is 0.388 e. The van der Waals surface area contributed by atoms with Gasteiger partial charge in [-0.2, -0.15) is 0 Å². The van der Waals surface area contributed by atoms with Crippen LogP contribution < -0.4 is 15.8 Å². The van der Waals surface area contributed by atoms with Crippen molar-refractivity contribution >= 4 is 21.6 Å². The number of nitrogens with one attached hydrogen (secondary N) is 2. The van der Waals surface area contributed by atoms with E-state index in [1.807, 2.05) is 6.92 Å². The van der Waals surface area contributed by atoms with Gasteiger partial charge in [0.1, 0.15) is 0 Å². The molecule has 0 saturated heterocycles. The summed E-state index contributed by atoms with van der Waals surface area (Å²) in [6.07, 6.45) is 0. The molecule has 0 aliphatic rings. The number of carbonyl (C=O) groups excluding carboxylic acids is 1. The van der Waals surface area contributed by atoms with Crippen molar-refractivity contribution in [1.29, 1.82) is 0 Å². The molecule has 18 heavy (non-hydrogen) atoms. The Balaban J connectivity index is 2.65. The van der Waals surface area contributed by atoms with Gasteiger partial charge >= 0.3 is 0 Å². The van der Waals surface area contributed by atoms with Crippen LogP contribution in [0.5, 0.6) is 0 Å². The standard InChI is InChI=1S/C11H17N3O3S/c1-8-7-9(3-4-10(8)13-2)11(15)14-5-6-18(12,16)17/h3-4,7,13H,5-6H2,1-2H3,(H,14,15)(H2,12,16,17). The second kappa shape index (κ2) is 5.83. The summed E-state index contributed by atoms with van der Waals surface area (Å²) >= 11 is 0. The minimum Gasteiger partial charge on any atom is -0.388 e. The van der Waals surface area contributed by atoms with E-state index in [9.17, 15) is 13.2 Å². The molecule has 0 aliphatic carbocycles. The second-order valence-electron chi connectivity index (χ2n) is 3.90. The minimum atomic E-state index is -3.55. The average molecular weight is 271 g/mol. The van der Waals surface area contributed by atoms with Gasteiger partial charge < -0.3 is 10.6 Å². The van der Waals surface area contributed by atoms with Crippen molar-refractivity contribution in [3.63, 3.8) is 0 Å². The molecule has 0 spiro atoms. The molecule has 0 bridgehead atoms. The number of hydrogen-bond donors (Lipinski definition) is 3. The molecule has 100 valence electrons. The van der Waals surface area contributed by atoms with Crippen molar-refractivity contribution in [3.8, 4) is 0 Å². The van der Waals surface area contributed by atoms with Gasteiger partial charge in [0, 0.05) is 24.8 Å². The summed E-state index contributed by atoms with van der Waals surface area (Å²) in [5.41, 5.74) is 2.37. The number of nitrogens with two attached hydrogens (primary N) is 1. The molecule has 0 radical (unpaired) electrons. The molecule has 7 heteroatoms. The van der Waals surface area contributed by atoms with Crippen molar-refractivity contribution in [1.82, 2.24) is 5.32 Å². The molecule has 0 aliphatic heterocycles. The number of amides is 1. The number of anilines is 1. The van der Waals surface area contributed by atoms with Crippen molar-refractivity contribution in [2.45, 2.75) is 6.92 Å². The Kier molecular flexibility index (Phi) is 4.69. The number of benzene rings is 1. The lowest BCUT2D eigenvalue weighted by Crippen LogP contribution is -2.31. The Hall–Kier alpha value is -1.60. The van der Waals surface area contributed by atoms with Gasteiger partial charge in [0.05, 0.1) is 5.75 Å². The summed E-state index contributed by atoms with van der Waals surface area (Å²) in [5.74, 6) is -0.587. The van der Waals surface area contributed by atoms with E-state index < -0.39 is 10.0 Å². The zero-order valence-electron chi connectivity index (χ0n) is 10.4. The van der Waals surface area contributed by atoms with E-state index >= 15 is 0 Å². The van der Waals surface area contributed by atoms with Gasteiger partial charge in [0.25, 0.3) is 5.91 Å². The Bertz CT molecular complexity index is 540. The van der Waals surface area contributed by atoms with E-state index in [4.69, 9.17) is 5.14 Å². The molecule has 0 saturated carbocycles. The smallest absolute Gasteiger partial charge is 0.251 e. The first-order chi connectivity index (χ1) is 8.33. The fourth-order valence-electron chi connectivity index (χ4n) is 1.49. The summed E-state index contributed by atoms with van der Waals surface area (Å²) in [7, 11) is -1.75. The van der Waals surface area contributed by atoms with E-state index in [1.54, 1.807) is 25.2 Å². The average Bonchev–Trinajstić information content (AvgIpc) is 2.27. The lowest BCUT2D eigenvalue weighted by molar-refractivity contribution is 0.0956. The van der Waals surface area contributed by atoms with Crippen LogP contribution in [-0.2, 0) is 10.0 Å². The Morgan fingerprint density at radius 1 is 1.39 bits per heavy atom. The third-order valence-electron chi connectivity index (χ3n) is 2.43. The maximum atomic E-state index is 11.7. The first kappa shape index (κ1) is 14.5. The predicted molar refractivity (Wildman–Crippen MR) is 71.0 cm³/mol. The van der Waals surface area contributed by atoms with Gasteiger partial charge in [-0.1, -0.05) is 0 Å². The molecule has 1 amide bonds. The Morgan fingerprint density at radius 3 is 2.56 bits per heavy atom. The Morgan fingerprint density at radius 2 is 2.06 bits per heavy atom. The van der Waals surface area contributed by atoms with Gasteiger partial charge in [-0.25, -0.2) is 13.6 Å². The molecule has 6 nitrogen and oxygen atoms in total. The van der Waals surface area contributed by atoms with E-state index in [1.165, 1.54) is 0 Å². The van der Waals surface area contributed by atoms with Gasteiger partial charge in [0.2, 0.25) is 10.0 Å². The maximum Gasteiger partial charge on any atom is 0.251 e. The van der Waals surface area contributed by atoms with E-state index in [2.05, 4.69) is 10.6 Å². The number of sulfonamides is 1. The second-order valence-corrected chi connectivity index (χ2v) is 5.64. The number of aryl methyl sites for hydroxylation is 1. The van der Waals surface area contributed by atoms with Crippen molar-refractivity contribution in [2.24, 2.45) is 5.14 Å². The molecule has 4 N–H and O–H groups in total. The molecule has 0 fully saturated rings. The quantitative estimate of drug-likeness (QED) is 0.704. The predicted octanol–water partition coefficient (Wildman–Crippen LogP) is 0.0550. The molecule has 1 rings (SSSR count). The molecule has 0 aromatic heterocycles. The van der Waals surface area contributed by atoms with E-state index in [-0.39, 0.29) is 18.2 Å². The van der Waals surface area contributed by atoms with Crippen molar-refractivity contribution < 1.29 is 13.2 Å². The van der Waals surface area contributed by atoms with Crippen LogP contribution >= 0.6 is 0 Å². The summed E-state index contributed by atoms with van der Waals surface area (Å²) in [5, 5.41) is 10.3. The number of primary sulfonamides is 1. The number of hydrogen-bond acceptors (Lipinski definition) is 4. The molecule has 1 aromatic carbocycles. The monoisotopic (exact) mass is 271 g/mol. The van der Waals surface area contributed by atoms with Crippen LogP contribution in [0.3, 0.4) is 0 Å². The first-order valence-electron chi connectivity index (χ1n) is 5.40. The van der Waals surface area contributed by atoms with Gasteiger partial charge in [-0.15, -0.1) is 0 Å². The molecular weight excluding hydrogens is 254 g/mol. The topological polar surface area (TPSA) is 101 Å². The van der Waals surface area contributed by atoms with Crippen LogP contribution in [-0.4, -0.2) is 33.7 Å². The van der Waals surface area contributed by atoms with E-state index in [0.29, 0.717) is 5.56 Å². The Labute approximate surface area is 107 Å². The summed E-state index contributed by atoms with van der Waals surface area (Å²) in [6.45, 7) is 1.89. The highest BCUT2D eigenvalue weighted by Crippen LogP contribution is 2.15. The van der Waals surface area contributed by atoms with Gasteiger partial charge in [-0.3, -0.25) is 4.79 Å². The lowest BCUT2D eigenvalue weighted by atomic mass is 10.1. The highest BCUT2D eigenvalue weighted by atomic mass is 32.2. The summed E-state index contributed by atoms with van der Waals surface area (Å²) in [6, 6.07) is 5.20. The van der Waals surface area contributed by atoms with Gasteiger partial charge in [0.15, 0.2) is 0 Å². The first-order valence-corrected chi connectivity index (χ1v) is 7.12. The normalized spacial score (nSPS) is 11.1. The highest BCUT2D eigenvalue weighted by Gasteiger charge is 2.08. The van der Waals surface area contributed by atoms with Gasteiger partial charge in [-0.05, 0) is 30.7 Å². The highest BCUT2D eigenvalue weighted by molar-refractivity contribution is 7.89. The molecule has 0 atom stereocenters. The van der Waals surface area contributed by atoms with E-state index in [0.717, 1.165) is 11.3 Å². The lowest BCUT2D eigenvalue weighted by Gasteiger charge is -2.08. The summed E-state index contributed by atoms with van der Waals surface area (Å²) < 4.78 is 21.4. The number of rotatable bonds is 5. The SMILES string of the molecule is CNc1ccc(C(=O)NCCS(N)(=O)=O)cc1C. The molecule has 0 heterocycles. The minimum absolute atomic E-state index is 0.00446. The molecular formula is C11H17N3O3S. The van der Waals surface area contributed by atoms with Crippen LogP contribution in [0.15, 0.2) is 18.2 Å². The van der Waals surface area contributed by atoms with Crippen LogP contribution in [0.2, 0.25) is 0 Å². The fraction of sp³-hybridized carbons (Fsp3) is 0.364. The van der Waals surface area contributed by atoms with Crippen molar-refractivity contribution in [2.75, 3.05) is 24.7 Å². The van der Waals surface area contributed by atoms with Crippen molar-refractivity contribution in [3.05, 3.63) is 29.3 Å². The third kappa shape index (κ3) is 4.34. The fourth-order valence-corrected chi connectivity index (χ4v) is 1.88.